The van der Waals surface area contributed by atoms with Gasteiger partial charge in [0.05, 0.1) is 62.5 Å². The highest BCUT2D eigenvalue weighted by molar-refractivity contribution is 6.28. The Hall–Kier alpha value is -9.14. The van der Waals surface area contributed by atoms with Gasteiger partial charge in [-0.05, 0) is 127 Å². The van der Waals surface area contributed by atoms with Crippen molar-refractivity contribution in [2.24, 2.45) is 0 Å². The lowest BCUT2D eigenvalue weighted by Gasteiger charge is -2.16. The quantitative estimate of drug-likeness (QED) is 0.0535. The number of ether oxygens (including phenoxy) is 8. The van der Waals surface area contributed by atoms with Crippen LogP contribution in [0.3, 0.4) is 0 Å². The number of aliphatic hydroxyl groups is 5. The van der Waals surface area contributed by atoms with E-state index in [1.165, 1.54) is 73.4 Å². The lowest BCUT2D eigenvalue weighted by Crippen LogP contribution is -2.39. The maximum atomic E-state index is 12.9. The summed E-state index contributed by atoms with van der Waals surface area (Å²) in [6, 6.07) is 11.6. The second-order valence-corrected chi connectivity index (χ2v) is 25.7. The molecule has 592 valence electrons. The monoisotopic (exact) mass is 1550 g/mol. The van der Waals surface area contributed by atoms with Gasteiger partial charge in [-0.1, -0.05) is 29.4 Å². The summed E-state index contributed by atoms with van der Waals surface area (Å²) in [5.74, 6) is -5.65. The molecule has 13 N–H and O–H groups in total. The van der Waals surface area contributed by atoms with Crippen molar-refractivity contribution in [2.75, 3.05) is 62.4 Å². The fourth-order valence-corrected chi connectivity index (χ4v) is 11.1. The number of carbonyl (C=O) groups is 2. The van der Waals surface area contributed by atoms with Gasteiger partial charge >= 0.3 is 23.2 Å². The number of nitrogen functional groups attached to an aromatic ring is 3. The smallest absolute Gasteiger partial charge is 0.354 e. The molecule has 0 aliphatic carbocycles. The van der Waals surface area contributed by atoms with Crippen LogP contribution in [0.2, 0.25) is 5.28 Å². The summed E-state index contributed by atoms with van der Waals surface area (Å²) < 4.78 is 105. The van der Waals surface area contributed by atoms with Gasteiger partial charge < -0.3 is 100 Å². The first-order valence-corrected chi connectivity index (χ1v) is 33.9. The summed E-state index contributed by atoms with van der Waals surface area (Å²) in [5, 5.41) is 59.9. The minimum Gasteiger partial charge on any atom is -0.390 e. The molecule has 11 heterocycles. The van der Waals surface area contributed by atoms with Crippen molar-refractivity contribution in [1.82, 2.24) is 58.9 Å². The maximum Gasteiger partial charge on any atom is 0.354 e. The first-order valence-electron chi connectivity index (χ1n) is 33.5. The Morgan fingerprint density at radius 1 is 0.583 bits per heavy atom. The number of nitrogens with one attached hydrogen (secondary N) is 2. The van der Waals surface area contributed by atoms with Crippen LogP contribution < -0.4 is 39.2 Å². The van der Waals surface area contributed by atoms with E-state index >= 15 is 0 Å². The zero-order chi connectivity index (χ0) is 79.8. The number of amides is 2. The van der Waals surface area contributed by atoms with Crippen molar-refractivity contribution in [3.05, 3.63) is 139 Å². The predicted molar refractivity (Wildman–Crippen MR) is 377 cm³/mol. The molecule has 108 heavy (non-hydrogen) atoms. The number of hydrogen-bond donors (Lipinski definition) is 10. The molecule has 8 aromatic rings. The number of aryl methyl sites for hydroxylation is 6. The lowest BCUT2D eigenvalue weighted by atomic mass is 10.1. The average molecular weight is 1550 g/mol. The summed E-state index contributed by atoms with van der Waals surface area (Å²) in [6.07, 6.45) is -3.52. The molecule has 2 aromatic carbocycles. The number of aromatic nitrogens is 12. The number of nitrogens with zero attached hydrogens (tertiary/aromatic N) is 12. The second kappa shape index (κ2) is 38.3. The Labute approximate surface area is 620 Å². The summed E-state index contributed by atoms with van der Waals surface area (Å²) in [6.45, 7) is 17.9. The number of benzene rings is 2. The van der Waals surface area contributed by atoms with Crippen molar-refractivity contribution in [1.29, 1.82) is 0 Å². The molecule has 5 fully saturated rings. The Morgan fingerprint density at radius 3 is 1.42 bits per heavy atom. The second-order valence-electron chi connectivity index (χ2n) is 25.3. The fraction of sp³-hybridized carbons (Fsp3) is 0.537. The minimum atomic E-state index is -3.21. The number of rotatable bonds is 13. The highest BCUT2D eigenvalue weighted by atomic mass is 35.5. The number of fused-ring (bicyclic) bond motifs is 1. The Morgan fingerprint density at radius 2 is 1.03 bits per heavy atom. The van der Waals surface area contributed by atoms with Crippen LogP contribution >= 0.6 is 11.6 Å². The Kier molecular flexibility index (Phi) is 30.5. The van der Waals surface area contributed by atoms with Crippen molar-refractivity contribution >= 4 is 63.7 Å². The first-order chi connectivity index (χ1) is 50.9. The van der Waals surface area contributed by atoms with Crippen LogP contribution in [-0.2, 0) is 37.9 Å². The molecule has 13 rings (SSSR count). The van der Waals surface area contributed by atoms with E-state index in [2.05, 4.69) is 70.0 Å². The van der Waals surface area contributed by atoms with Gasteiger partial charge in [-0.3, -0.25) is 23.3 Å². The van der Waals surface area contributed by atoms with E-state index in [9.17, 15) is 52.1 Å². The van der Waals surface area contributed by atoms with Gasteiger partial charge in [-0.15, -0.1) is 0 Å². The zero-order valence-electron chi connectivity index (χ0n) is 61.2. The molecule has 5 aliphatic heterocycles. The first kappa shape index (κ1) is 86.1. The number of anilines is 5. The normalized spacial score (nSPS) is 25.6. The molecule has 36 nitrogen and oxygen atoms in total. The number of imidazole rings is 1. The van der Waals surface area contributed by atoms with Crippen LogP contribution in [0.5, 0.6) is 0 Å². The van der Waals surface area contributed by atoms with E-state index < -0.39 is 90.8 Å². The highest BCUT2D eigenvalue weighted by Gasteiger charge is 2.57. The Bertz CT molecular complexity index is 4290. The van der Waals surface area contributed by atoms with Crippen LogP contribution in [0.15, 0.2) is 86.4 Å². The van der Waals surface area contributed by atoms with Gasteiger partial charge in [0.1, 0.15) is 90.0 Å². The van der Waals surface area contributed by atoms with Crippen LogP contribution in [0, 0.1) is 41.5 Å². The number of aliphatic hydroxyl groups excluding tert-OH is 5. The molecule has 5 saturated heterocycles. The number of hydrogen-bond acceptors (Lipinski definition) is 31. The van der Waals surface area contributed by atoms with Crippen LogP contribution in [-0.4, -0.2) is 216 Å². The molecule has 6 unspecified atom stereocenters. The van der Waals surface area contributed by atoms with Gasteiger partial charge in [-0.25, -0.2) is 42.1 Å². The molecule has 0 spiro atoms. The van der Waals surface area contributed by atoms with E-state index in [4.69, 9.17) is 71.7 Å². The van der Waals surface area contributed by atoms with Crippen molar-refractivity contribution in [2.45, 2.75) is 199 Å². The van der Waals surface area contributed by atoms with Gasteiger partial charge in [-0.2, -0.15) is 19.9 Å². The fourth-order valence-electron chi connectivity index (χ4n) is 10.9. The number of halogens is 5. The lowest BCUT2D eigenvalue weighted by molar-refractivity contribution is -0.149. The highest BCUT2D eigenvalue weighted by Crippen LogP contribution is 2.38. The molecule has 0 saturated carbocycles. The number of methoxy groups -OCH3 is 3. The van der Waals surface area contributed by atoms with Crippen molar-refractivity contribution < 1.29 is 99.6 Å². The summed E-state index contributed by atoms with van der Waals surface area (Å²) in [5.41, 5.74) is 23.4. The van der Waals surface area contributed by atoms with E-state index in [0.29, 0.717) is 66.1 Å². The summed E-state index contributed by atoms with van der Waals surface area (Å²) in [4.78, 5) is 73.2. The van der Waals surface area contributed by atoms with Crippen LogP contribution in [0.4, 0.5) is 46.7 Å². The van der Waals surface area contributed by atoms with Crippen molar-refractivity contribution in [3.63, 3.8) is 0 Å². The molecular weight excluding hydrogens is 1460 g/mol. The third-order valence-corrected chi connectivity index (χ3v) is 17.8. The Balaban J connectivity index is 0.000000177. The molecule has 0 radical (unpaired) electrons. The molecule has 6 aromatic heterocycles. The van der Waals surface area contributed by atoms with E-state index in [0.717, 1.165) is 22.5 Å². The summed E-state index contributed by atoms with van der Waals surface area (Å²) >= 11 is 5.81. The van der Waals surface area contributed by atoms with Crippen molar-refractivity contribution in [3.8, 4) is 0 Å². The van der Waals surface area contributed by atoms with E-state index in [1.807, 2.05) is 71.0 Å². The molecule has 0 bridgehead atoms. The number of carbonyl (C=O) groups excluding carboxylic acids is 2. The molecule has 2 amide bonds. The SMILES string of the molecule is CC[C@H]1O[C@@H](n2cnc(N)nc2=O)C[C@@H]1O.COC1OC(C)C(F)(F)C1O.COCC1OC(C)C(F)(F)C1O.COC[C@H]1O[C@@H](n2cnc3c(N)nc(Cl)nc32)C[C@@H]1O.C[C@H]1O[C@@H](n2cnc(N)nc2=O)C[C@@H]1O.Cc1ccc(NC(=O)c2cnoc2C)cc1C.Cc1ccc(NC(=O)c2cnoc2C)cc1C. The number of alkyl halides is 4. The molecule has 41 heteroatoms. The number of nitrogens with two attached hydrogens (primary N) is 3. The molecule has 15 atom stereocenters. The van der Waals surface area contributed by atoms with Gasteiger partial charge in [0, 0.05) is 52.0 Å². The maximum absolute atomic E-state index is 12.9. The largest absolute Gasteiger partial charge is 0.390 e. The average Bonchev–Trinajstić information content (AvgIpc) is 1.91. The topological polar surface area (TPSA) is 502 Å². The van der Waals surface area contributed by atoms with Gasteiger partial charge in [0.25, 0.3) is 11.8 Å². The molecule has 5 aliphatic rings. The van der Waals surface area contributed by atoms with Gasteiger partial charge in [0.15, 0.2) is 23.9 Å². The van der Waals surface area contributed by atoms with Crippen LogP contribution in [0.1, 0.15) is 127 Å². The predicted octanol–water partition coefficient (Wildman–Crippen LogP) is 5.02. The van der Waals surface area contributed by atoms with Crippen LogP contribution in [0.25, 0.3) is 11.2 Å². The third-order valence-electron chi connectivity index (χ3n) is 17.6. The zero-order valence-corrected chi connectivity index (χ0v) is 61.9. The van der Waals surface area contributed by atoms with E-state index in [1.54, 1.807) is 38.8 Å². The minimum absolute atomic E-state index is 0.0128. The van der Waals surface area contributed by atoms with E-state index in [-0.39, 0.29) is 66.0 Å². The molecular formula is C67H90ClF4N17O19. The summed E-state index contributed by atoms with van der Waals surface area (Å²) in [7, 11) is 4.14. The third kappa shape index (κ3) is 21.8. The van der Waals surface area contributed by atoms with Gasteiger partial charge in [0.2, 0.25) is 17.2 Å². The standard InChI is InChI=1S/2C13H14N2O2.C11H14ClN5O3.C9H14N4O3.C8H12N4O3.C7H12F2O3.C6H10F2O3/c2*1-8-4-5-11(6-9(8)2)15-13(16)12-7-14-17-10(12)3;1-19-3-6-5(18)2-7(20-6)17-4-14-8-9(13)15-11(12)16-10(8)17;1-2-6-5(14)3-7(16-6)13-4-11-8(10)12-9(13)15;1-4-5(13)2-6(15-4)12-3-10-7(9)11-8(12)14;1-4-7(8,9)6(10)5(12-4)3-11-2;1-3-6(7,8)4(9)5(10-2)11-3/h2*4-7H,1-3H3,(H,15,16);4-7,18H,2-3H2,1H3,(H2,13,15,16);4-7,14H,2-3H2,1H3,(H2,10,12,15);3-6,13H,2H2,1H3,(H2,9,11,14);4-6,10H,3H2,1-2H3;3-5,9H,1-2H3/t;;2*5-,6+,7+;4-,5+,6-;;/m..001../s1.